The maximum absolute atomic E-state index is 13.1. The van der Waals surface area contributed by atoms with E-state index in [1.54, 1.807) is 0 Å². The number of para-hydroxylation sites is 1. The minimum Gasteiger partial charge on any atom is -0.507 e. The molecule has 15 heteroatoms. The lowest BCUT2D eigenvalue weighted by molar-refractivity contribution is -0.148. The molecule has 3 aromatic carbocycles. The molecule has 0 unspecified atom stereocenters. The van der Waals surface area contributed by atoms with Gasteiger partial charge in [0.05, 0.1) is 31.0 Å². The Bertz CT molecular complexity index is 1620. The number of rotatable bonds is 13. The highest BCUT2D eigenvalue weighted by Crippen LogP contribution is 2.30. The lowest BCUT2D eigenvalue weighted by Crippen LogP contribution is -2.48. The summed E-state index contributed by atoms with van der Waals surface area (Å²) in [6.45, 7) is 0.00312. The third kappa shape index (κ3) is 8.35. The molecular formula is C31H32N4O11. The Labute approximate surface area is 262 Å². The minimum absolute atomic E-state index is 0.0526. The van der Waals surface area contributed by atoms with Crippen LogP contribution in [-0.4, -0.2) is 82.3 Å². The molecule has 0 aliphatic carbocycles. The molecule has 0 aromatic heterocycles. The number of carboxylic acid groups (broad SMARTS) is 2. The van der Waals surface area contributed by atoms with E-state index in [2.05, 4.69) is 0 Å². The molecule has 1 atom stereocenters. The lowest BCUT2D eigenvalue weighted by atomic mass is 10.0. The van der Waals surface area contributed by atoms with E-state index in [1.165, 1.54) is 66.7 Å². The highest BCUT2D eigenvalue weighted by Gasteiger charge is 2.29. The first-order valence-electron chi connectivity index (χ1n) is 13.8. The summed E-state index contributed by atoms with van der Waals surface area (Å²) in [6, 6.07) is 14.2. The average molecular weight is 637 g/mol. The number of hydrogen-bond acceptors (Lipinski definition) is 10. The Hall–Kier alpha value is -5.96. The number of nitrogens with zero attached hydrogens (tertiary/aromatic N) is 2. The van der Waals surface area contributed by atoms with Crippen molar-refractivity contribution in [3.05, 3.63) is 83.4 Å². The number of methoxy groups -OCH3 is 1. The van der Waals surface area contributed by atoms with E-state index in [0.717, 1.165) is 16.9 Å². The number of ether oxygens (including phenoxy) is 2. The van der Waals surface area contributed by atoms with Gasteiger partial charge in [0.15, 0.2) is 0 Å². The first-order valence-corrected chi connectivity index (χ1v) is 13.8. The SMILES string of the molecule is COC(=O)N(CCCCOc1cccc(O)c1C(N)=O)C(=O)[C@@H](N)Cc1ccc(N(C(=O)C(=O)O)c2ccccc2C(=O)O)cc1. The number of benzene rings is 3. The average Bonchev–Trinajstić information content (AvgIpc) is 3.02. The smallest absolute Gasteiger partial charge is 0.416 e. The second kappa shape index (κ2) is 15.7. The molecule has 15 nitrogen and oxygen atoms in total. The number of amides is 4. The van der Waals surface area contributed by atoms with Crippen LogP contribution in [0.1, 0.15) is 39.1 Å². The summed E-state index contributed by atoms with van der Waals surface area (Å²) in [4.78, 5) is 74.6. The van der Waals surface area contributed by atoms with Gasteiger partial charge in [-0.1, -0.05) is 30.3 Å². The fourth-order valence-corrected chi connectivity index (χ4v) is 4.48. The van der Waals surface area contributed by atoms with E-state index in [0.29, 0.717) is 12.0 Å². The predicted octanol–water partition coefficient (Wildman–Crippen LogP) is 2.26. The fraction of sp³-hybridized carbons (Fsp3) is 0.226. The zero-order valence-electron chi connectivity index (χ0n) is 24.6. The van der Waals surface area contributed by atoms with Gasteiger partial charge < -0.3 is 36.3 Å². The standard InChI is InChI=1S/C31H32N4O11/c1-45-31(44)34(15-4-5-16-46-24-10-6-9-23(36)25(24)26(33)37)27(38)21(32)17-18-11-13-19(14-12-18)35(28(39)30(42)43)22-8-3-2-7-20(22)29(40)41/h2-3,6-14,21,36H,4-5,15-17,32H2,1H3,(H2,33,37)(H,40,41)(H,42,43)/t21-/m0/s1. The molecule has 0 saturated carbocycles. The Kier molecular flexibility index (Phi) is 11.8. The van der Waals surface area contributed by atoms with Crippen LogP contribution in [0.5, 0.6) is 11.5 Å². The number of primary amides is 1. The molecule has 0 heterocycles. The van der Waals surface area contributed by atoms with Crippen molar-refractivity contribution in [2.45, 2.75) is 25.3 Å². The van der Waals surface area contributed by atoms with Crippen molar-refractivity contribution in [1.29, 1.82) is 0 Å². The largest absolute Gasteiger partial charge is 0.507 e. The summed E-state index contributed by atoms with van der Waals surface area (Å²) in [5.41, 5.74) is 11.4. The molecule has 0 aliphatic rings. The number of phenols is 1. The molecule has 4 amide bonds. The van der Waals surface area contributed by atoms with Crippen LogP contribution in [0.4, 0.5) is 16.2 Å². The van der Waals surface area contributed by atoms with Crippen molar-refractivity contribution in [2.24, 2.45) is 11.5 Å². The number of carbonyl (C=O) groups excluding carboxylic acids is 4. The molecule has 3 rings (SSSR count). The highest BCUT2D eigenvalue weighted by molar-refractivity contribution is 6.39. The van der Waals surface area contributed by atoms with Gasteiger partial charge in [-0.05, 0) is 61.2 Å². The van der Waals surface area contributed by atoms with Crippen LogP contribution in [0, 0.1) is 0 Å². The Morgan fingerprint density at radius 3 is 2.17 bits per heavy atom. The van der Waals surface area contributed by atoms with Gasteiger partial charge in [-0.3, -0.25) is 19.3 Å². The molecule has 0 radical (unpaired) electrons. The van der Waals surface area contributed by atoms with Crippen molar-refractivity contribution in [2.75, 3.05) is 25.2 Å². The van der Waals surface area contributed by atoms with Gasteiger partial charge in [-0.2, -0.15) is 0 Å². The monoisotopic (exact) mass is 636 g/mol. The highest BCUT2D eigenvalue weighted by atomic mass is 16.5. The van der Waals surface area contributed by atoms with E-state index in [-0.39, 0.29) is 60.0 Å². The Morgan fingerprint density at radius 2 is 1.57 bits per heavy atom. The van der Waals surface area contributed by atoms with Crippen molar-refractivity contribution in [3.8, 4) is 11.5 Å². The quantitative estimate of drug-likeness (QED) is 0.134. The van der Waals surface area contributed by atoms with Crippen LogP contribution in [0.15, 0.2) is 66.7 Å². The molecule has 0 bridgehead atoms. The summed E-state index contributed by atoms with van der Waals surface area (Å²) in [7, 11) is 1.11. The van der Waals surface area contributed by atoms with Crippen LogP contribution in [0.3, 0.4) is 0 Å². The molecule has 0 saturated heterocycles. The topological polar surface area (TPSA) is 240 Å². The molecule has 0 aliphatic heterocycles. The van der Waals surface area contributed by atoms with Gasteiger partial charge >= 0.3 is 23.9 Å². The summed E-state index contributed by atoms with van der Waals surface area (Å²) in [5.74, 6) is -6.40. The number of imide groups is 1. The third-order valence-corrected chi connectivity index (χ3v) is 6.67. The van der Waals surface area contributed by atoms with Crippen molar-refractivity contribution >= 4 is 47.1 Å². The Balaban J connectivity index is 1.68. The Morgan fingerprint density at radius 1 is 0.891 bits per heavy atom. The summed E-state index contributed by atoms with van der Waals surface area (Å²) < 4.78 is 10.3. The molecule has 46 heavy (non-hydrogen) atoms. The number of unbranched alkanes of at least 4 members (excludes halogenated alkanes) is 1. The van der Waals surface area contributed by atoms with Crippen LogP contribution in [0.2, 0.25) is 0 Å². The number of aromatic hydroxyl groups is 1. The molecular weight excluding hydrogens is 604 g/mol. The number of aliphatic carboxylic acids is 1. The van der Waals surface area contributed by atoms with Crippen molar-refractivity contribution < 1.29 is 53.6 Å². The first kappa shape index (κ1) is 34.5. The van der Waals surface area contributed by atoms with E-state index < -0.39 is 41.8 Å². The van der Waals surface area contributed by atoms with Crippen molar-refractivity contribution in [3.63, 3.8) is 0 Å². The second-order valence-corrected chi connectivity index (χ2v) is 9.78. The summed E-state index contributed by atoms with van der Waals surface area (Å²) in [6.07, 6.45) is -0.373. The number of anilines is 2. The summed E-state index contributed by atoms with van der Waals surface area (Å²) in [5, 5.41) is 28.8. The fourth-order valence-electron chi connectivity index (χ4n) is 4.48. The molecule has 7 N–H and O–H groups in total. The van der Waals surface area contributed by atoms with Crippen molar-refractivity contribution in [1.82, 2.24) is 4.90 Å². The maximum atomic E-state index is 13.1. The molecule has 0 fully saturated rings. The number of nitrogens with two attached hydrogens (primary N) is 2. The van der Waals surface area contributed by atoms with Crippen LogP contribution >= 0.6 is 0 Å². The van der Waals surface area contributed by atoms with Gasteiger partial charge in [0, 0.05) is 12.2 Å². The summed E-state index contributed by atoms with van der Waals surface area (Å²) >= 11 is 0. The van der Waals surface area contributed by atoms with Gasteiger partial charge in [0.2, 0.25) is 5.91 Å². The molecule has 3 aromatic rings. The van der Waals surface area contributed by atoms with Gasteiger partial charge in [-0.15, -0.1) is 0 Å². The third-order valence-electron chi connectivity index (χ3n) is 6.67. The molecule has 242 valence electrons. The zero-order valence-corrected chi connectivity index (χ0v) is 24.6. The lowest BCUT2D eigenvalue weighted by Gasteiger charge is -2.24. The zero-order chi connectivity index (χ0) is 34.0. The second-order valence-electron chi connectivity index (χ2n) is 9.78. The number of hydrogen-bond donors (Lipinski definition) is 5. The van der Waals surface area contributed by atoms with E-state index in [1.807, 2.05) is 0 Å². The number of carboxylic acids is 2. The maximum Gasteiger partial charge on any atom is 0.416 e. The van der Waals surface area contributed by atoms with E-state index in [4.69, 9.17) is 20.9 Å². The van der Waals surface area contributed by atoms with Gasteiger partial charge in [0.1, 0.15) is 17.1 Å². The van der Waals surface area contributed by atoms with Gasteiger partial charge in [0.25, 0.3) is 5.91 Å². The molecule has 0 spiro atoms. The van der Waals surface area contributed by atoms with E-state index >= 15 is 0 Å². The minimum atomic E-state index is -1.80. The predicted molar refractivity (Wildman–Crippen MR) is 162 cm³/mol. The number of carbonyl (C=O) groups is 6. The van der Waals surface area contributed by atoms with Crippen LogP contribution < -0.4 is 21.1 Å². The van der Waals surface area contributed by atoms with Gasteiger partial charge in [-0.25, -0.2) is 19.3 Å². The van der Waals surface area contributed by atoms with E-state index in [9.17, 15) is 44.1 Å². The number of aromatic carboxylic acids is 1. The normalized spacial score (nSPS) is 11.2. The van der Waals surface area contributed by atoms with Crippen LogP contribution in [0.25, 0.3) is 0 Å². The van der Waals surface area contributed by atoms with Crippen LogP contribution in [-0.2, 0) is 25.5 Å². The first-order chi connectivity index (χ1) is 21.9.